The molecular formula is C93H91Cl5N18O12S2. The van der Waals surface area contributed by atoms with E-state index in [1.165, 1.54) is 13.2 Å². The molecule has 0 saturated heterocycles. The first-order valence-corrected chi connectivity index (χ1v) is 41.7. The topological polar surface area (TPSA) is 406 Å². The molecule has 0 saturated carbocycles. The minimum Gasteiger partial charge on any atom is -0.497 e. The smallest absolute Gasteiger partial charge is 0.337 e. The van der Waals surface area contributed by atoms with Crippen LogP contribution in [0.5, 0.6) is 11.5 Å². The van der Waals surface area contributed by atoms with Crippen LogP contribution in [-0.2, 0) is 6.42 Å². The number of hydrogen-bond acceptors (Lipinski definition) is 14. The monoisotopic (exact) mass is 1890 g/mol. The molecule has 0 heterocycles. The number of hydrogen-bond donors (Lipinski definition) is 18. The van der Waals surface area contributed by atoms with Crippen LogP contribution < -0.4 is 106 Å². The molecule has 672 valence electrons. The Hall–Kier alpha value is -15.0. The molecular weight excluding hydrogens is 1800 g/mol. The van der Waals surface area contributed by atoms with Crippen LogP contribution in [0.4, 0.5) is 53.3 Å². The van der Waals surface area contributed by atoms with Crippen molar-refractivity contribution in [3.05, 3.63) is 377 Å². The number of hydrazine groups is 6. The molecule has 30 nitrogen and oxygen atoms in total. The van der Waals surface area contributed by atoms with E-state index in [1.807, 2.05) is 145 Å². The highest BCUT2D eigenvalue weighted by atomic mass is 35.5. The largest absolute Gasteiger partial charge is 0.497 e. The van der Waals surface area contributed by atoms with Gasteiger partial charge in [0.1, 0.15) is 11.5 Å². The van der Waals surface area contributed by atoms with Crippen molar-refractivity contribution in [2.75, 3.05) is 46.1 Å². The molecule has 0 atom stereocenters. The van der Waals surface area contributed by atoms with Crippen LogP contribution in [0.3, 0.4) is 0 Å². The minimum absolute atomic E-state index is 0.234. The number of carbonyl (C=O) groups is 10. The van der Waals surface area contributed by atoms with Crippen LogP contribution >= 0.6 is 82.4 Å². The molecule has 37 heteroatoms. The highest BCUT2D eigenvalue weighted by molar-refractivity contribution is 7.80. The van der Waals surface area contributed by atoms with Gasteiger partial charge in [-0.2, -0.15) is 0 Å². The van der Waals surface area contributed by atoms with Gasteiger partial charge in [-0.25, -0.2) is 40.9 Å². The Bertz CT molecular complexity index is 5870. The number of carbonyl (C=O) groups excluding carboxylic acids is 10. The molecule has 130 heavy (non-hydrogen) atoms. The van der Waals surface area contributed by atoms with E-state index in [0.29, 0.717) is 103 Å². The molecule has 18 N–H and O–H groups in total. The van der Waals surface area contributed by atoms with Crippen molar-refractivity contribution in [1.82, 2.24) is 65.1 Å². The lowest BCUT2D eigenvalue weighted by atomic mass is 10.1. The first kappa shape index (κ1) is 102. The quantitative estimate of drug-likeness (QED) is 0.0335. The Morgan fingerprint density at radius 2 is 0.577 bits per heavy atom. The number of para-hydroxylation sites is 2. The number of halogens is 5. The number of aryl methyl sites for hydroxylation is 6. The van der Waals surface area contributed by atoms with Gasteiger partial charge in [0.05, 0.1) is 24.3 Å². The van der Waals surface area contributed by atoms with Crippen LogP contribution in [0.1, 0.15) is 102 Å². The summed E-state index contributed by atoms with van der Waals surface area (Å²) in [7, 11) is 3.12. The molecule has 0 aliphatic carbocycles. The summed E-state index contributed by atoms with van der Waals surface area (Å²) < 4.78 is 10.1. The number of urea groups is 4. The molecule has 12 aromatic rings. The number of amides is 14. The van der Waals surface area contributed by atoms with E-state index in [0.717, 1.165) is 51.2 Å². The van der Waals surface area contributed by atoms with Gasteiger partial charge in [-0.1, -0.05) is 185 Å². The van der Waals surface area contributed by atoms with Crippen LogP contribution in [0.15, 0.2) is 285 Å². The van der Waals surface area contributed by atoms with Crippen molar-refractivity contribution in [1.29, 1.82) is 0 Å². The molecule has 0 fully saturated rings. The summed E-state index contributed by atoms with van der Waals surface area (Å²) in [5, 5.41) is 19.1. The number of thiocarbonyl (C=S) groups is 2. The molecule has 0 aliphatic heterocycles. The maximum Gasteiger partial charge on any atom is 0.337 e. The van der Waals surface area contributed by atoms with Gasteiger partial charge in [-0.05, 0) is 264 Å². The average Bonchev–Trinajstić information content (AvgIpc) is 0.893. The number of ether oxygens (including phenoxy) is 2. The van der Waals surface area contributed by atoms with Gasteiger partial charge in [0.2, 0.25) is 0 Å². The fraction of sp³-hybridized carbons (Fsp3) is 0.0968. The summed E-state index contributed by atoms with van der Waals surface area (Å²) in [5.74, 6) is -0.808. The molecule has 0 unspecified atom stereocenters. The number of rotatable bonds is 15. The van der Waals surface area contributed by atoms with Crippen molar-refractivity contribution in [2.45, 2.75) is 48.0 Å². The lowest BCUT2D eigenvalue weighted by molar-refractivity contribution is 0.0931. The normalized spacial score (nSPS) is 9.82. The van der Waals surface area contributed by atoms with E-state index in [-0.39, 0.29) is 17.7 Å². The third kappa shape index (κ3) is 37.6. The van der Waals surface area contributed by atoms with E-state index < -0.39 is 41.8 Å². The maximum absolute atomic E-state index is 12.0. The summed E-state index contributed by atoms with van der Waals surface area (Å²) in [4.78, 5) is 118. The van der Waals surface area contributed by atoms with Gasteiger partial charge < -0.3 is 41.4 Å². The summed E-state index contributed by atoms with van der Waals surface area (Å²) >= 11 is 39.5. The number of nitrogens with one attached hydrogen (secondary N) is 18. The van der Waals surface area contributed by atoms with Crippen molar-refractivity contribution in [3.63, 3.8) is 0 Å². The van der Waals surface area contributed by atoms with Crippen LogP contribution in [0.25, 0.3) is 0 Å². The third-order valence-corrected chi connectivity index (χ3v) is 19.2. The zero-order valence-electron chi connectivity index (χ0n) is 70.9. The van der Waals surface area contributed by atoms with E-state index in [9.17, 15) is 47.9 Å². The van der Waals surface area contributed by atoms with Gasteiger partial charge in [0.15, 0.2) is 10.2 Å². The fourth-order valence-corrected chi connectivity index (χ4v) is 11.4. The molecule has 0 aliphatic rings. The number of methoxy groups -OCH3 is 2. The van der Waals surface area contributed by atoms with Crippen LogP contribution in [0.2, 0.25) is 25.1 Å². The Morgan fingerprint density at radius 1 is 0.269 bits per heavy atom. The van der Waals surface area contributed by atoms with E-state index in [1.54, 1.807) is 183 Å². The van der Waals surface area contributed by atoms with E-state index >= 15 is 0 Å². The molecule has 0 spiro atoms. The first-order chi connectivity index (χ1) is 62.3. The molecule has 0 aromatic heterocycles. The zero-order chi connectivity index (χ0) is 94.4. The number of benzene rings is 12. The Kier molecular flexibility index (Phi) is 42.5. The summed E-state index contributed by atoms with van der Waals surface area (Å²) in [6, 6.07) is 79.9. The van der Waals surface area contributed by atoms with Crippen molar-refractivity contribution in [3.8, 4) is 11.5 Å². The Labute approximate surface area is 786 Å². The van der Waals surface area contributed by atoms with Gasteiger partial charge in [0, 0.05) is 82.6 Å². The number of anilines is 6. The standard InChI is InChI=1S/C16H16ClN3O3.C16H16ClN3O2.C16H17N3O2S.C15H13Cl2N3O2.C15H14ClN3O2.C15H15N3OS/c1-10-3-6-12(9-14(10)17)18-16(22)20-19-15(21)11-4-7-13(23-2)8-5-11;1-2-11-6-8-12(9-7-11)15(21)19-20-16(22)18-14-5-3-4-13(17)10-14;1-11-5-3-4-6-14(11)17-16(22)19-18-15(20)12-7-9-13(21-2)10-8-12;1-9-2-4-10(5-3-9)14(21)19-20-15(22)18-11-6-7-12(16)13(17)8-11;1-10-5-7-11(8-6-10)14(20)18-19-15(21)17-13-4-2-3-12(16)9-13;1-11-7-9-12(10-8-11)14(19)17-18-15(20)16-13-5-3-2-4-6-13/h3-9H,1-2H3,(H,19,21)(H2,18,20,22);3-10H,2H2,1H3,(H,19,21)(H2,18,20,22);3-10H,1-2H3,(H,18,20)(H2,17,19,22);2-8H,1H3,(H,19,21)(H2,18,20,22);2-9H,1H3,(H,18,20)(H2,17,19,21);2-10H,1H3,(H,17,19)(H2,16,18,20). The van der Waals surface area contributed by atoms with E-state index in [2.05, 4.69) is 97.0 Å². The van der Waals surface area contributed by atoms with Crippen LogP contribution in [-0.4, -0.2) is 84.0 Å². The second-order valence-corrected chi connectivity index (χ2v) is 30.0. The lowest BCUT2D eigenvalue weighted by Crippen LogP contribution is -2.43. The highest BCUT2D eigenvalue weighted by Gasteiger charge is 2.15. The second kappa shape index (κ2) is 54.1. The first-order valence-electron chi connectivity index (χ1n) is 39.0. The highest BCUT2D eigenvalue weighted by Crippen LogP contribution is 2.26. The van der Waals surface area contributed by atoms with Crippen molar-refractivity contribution in [2.24, 2.45) is 0 Å². The predicted molar refractivity (Wildman–Crippen MR) is 521 cm³/mol. The van der Waals surface area contributed by atoms with Gasteiger partial charge in [-0.3, -0.25) is 72.2 Å². The summed E-state index contributed by atoms with van der Waals surface area (Å²) in [6.45, 7) is 11.7. The minimum atomic E-state index is -0.598. The summed E-state index contributed by atoms with van der Waals surface area (Å²) in [6.07, 6.45) is 0.905. The second-order valence-electron chi connectivity index (χ2n) is 27.1. The average molecular weight is 1890 g/mol. The SMILES string of the molecule is CCc1ccc(C(=O)NNC(=O)Nc2cccc(Cl)c2)cc1.COc1ccc(C(=O)NNC(=O)Nc2ccc(C)c(Cl)c2)cc1.COc1ccc(C(=O)NNC(=S)Nc2ccccc2C)cc1.Cc1ccc(C(=O)NNC(=O)Nc2ccc(Cl)c(Cl)c2)cc1.Cc1ccc(C(=O)NNC(=O)Nc2cccc(Cl)c2)cc1.Cc1ccc(C(=O)NNC(=S)Nc2ccccc2)cc1. The van der Waals surface area contributed by atoms with Gasteiger partial charge >= 0.3 is 24.1 Å². The van der Waals surface area contributed by atoms with Crippen LogP contribution in [0, 0.1) is 34.6 Å². The van der Waals surface area contributed by atoms with Crippen molar-refractivity contribution >= 4 is 186 Å². The Balaban J connectivity index is 0.000000214. The predicted octanol–water partition coefficient (Wildman–Crippen LogP) is 18.6. The van der Waals surface area contributed by atoms with Gasteiger partial charge in [-0.15, -0.1) is 0 Å². The lowest BCUT2D eigenvalue weighted by Gasteiger charge is -2.13. The zero-order valence-corrected chi connectivity index (χ0v) is 76.4. The molecule has 12 aromatic carbocycles. The maximum atomic E-state index is 12.0. The van der Waals surface area contributed by atoms with Gasteiger partial charge in [0.25, 0.3) is 35.4 Å². The molecule has 14 amide bonds. The van der Waals surface area contributed by atoms with Crippen molar-refractivity contribution < 1.29 is 57.4 Å². The molecule has 12 rings (SSSR count). The third-order valence-electron chi connectivity index (χ3n) is 17.2. The molecule has 0 bridgehead atoms. The Morgan fingerprint density at radius 3 is 0.915 bits per heavy atom. The summed E-state index contributed by atoms with van der Waals surface area (Å²) in [5.41, 5.74) is 41.7. The molecule has 0 radical (unpaired) electrons. The fourth-order valence-electron chi connectivity index (χ4n) is 10.2. The van der Waals surface area contributed by atoms with E-state index in [4.69, 9.17) is 91.9 Å².